The van der Waals surface area contributed by atoms with Gasteiger partial charge in [0.2, 0.25) is 0 Å². The van der Waals surface area contributed by atoms with E-state index in [4.69, 9.17) is 0 Å². The van der Waals surface area contributed by atoms with Gasteiger partial charge in [-0.05, 0) is 42.0 Å². The molecule has 0 bridgehead atoms. The first-order valence-electron chi connectivity index (χ1n) is 8.01. The van der Waals surface area contributed by atoms with Crippen LogP contribution in [0.2, 0.25) is 0 Å². The Morgan fingerprint density at radius 2 is 1.91 bits per heavy atom. The van der Waals surface area contributed by atoms with Crippen molar-refractivity contribution in [2.24, 2.45) is 11.3 Å². The third kappa shape index (κ3) is 5.62. The van der Waals surface area contributed by atoms with Crippen molar-refractivity contribution in [3.8, 4) is 5.75 Å². The monoisotopic (exact) mass is 325 g/mol. The Morgan fingerprint density at radius 3 is 2.50 bits per heavy atom. The zero-order valence-corrected chi connectivity index (χ0v) is 14.6. The van der Waals surface area contributed by atoms with Gasteiger partial charge in [0.05, 0.1) is 19.0 Å². The van der Waals surface area contributed by atoms with Crippen LogP contribution in [0.1, 0.15) is 56.8 Å². The van der Waals surface area contributed by atoms with Crippen LogP contribution in [0, 0.1) is 11.3 Å². The summed E-state index contributed by atoms with van der Waals surface area (Å²) in [4.78, 5) is 12.1. The fourth-order valence-electron chi connectivity index (χ4n) is 3.84. The van der Waals surface area contributed by atoms with Gasteiger partial charge in [-0.2, -0.15) is 0 Å². The van der Waals surface area contributed by atoms with Gasteiger partial charge in [-0.25, -0.2) is 0 Å². The summed E-state index contributed by atoms with van der Waals surface area (Å²) < 4.78 is 0. The number of phenolic OH excluding ortho intramolecular Hbond substituents is 1. The van der Waals surface area contributed by atoms with Crippen LogP contribution < -0.4 is 17.7 Å². The topological polar surface area (TPSA) is 53.9 Å². The van der Waals surface area contributed by atoms with Crippen LogP contribution in [-0.4, -0.2) is 23.5 Å². The lowest BCUT2D eigenvalue weighted by Gasteiger charge is -2.37. The van der Waals surface area contributed by atoms with Gasteiger partial charge in [-0.1, -0.05) is 20.8 Å². The number of rotatable bonds is 5. The molecule has 4 heteroatoms. The fraction of sp³-hybridized carbons (Fsp3) is 0.611. The highest BCUT2D eigenvalue weighted by Crippen LogP contribution is 2.37. The van der Waals surface area contributed by atoms with Gasteiger partial charge in [0.25, 0.3) is 0 Å². The van der Waals surface area contributed by atoms with Crippen molar-refractivity contribution in [2.45, 2.75) is 52.5 Å². The molecule has 1 aliphatic rings. The minimum Gasteiger partial charge on any atom is -1.00 e. The number of nitrogens with two attached hydrogens (primary N) is 1. The first-order chi connectivity index (χ1) is 9.85. The summed E-state index contributed by atoms with van der Waals surface area (Å²) in [6.07, 6.45) is 4.38. The standard InChI is InChI=1S/C18H27NO2.ClH/c1-13-10-15(12-18(2,3)11-13)19-9-8-17(21)14-4-6-16(20)7-5-14;/h4-7,13,15,19-20H,8-12H2,1-3H3;1H. The molecule has 1 fully saturated rings. The summed E-state index contributed by atoms with van der Waals surface area (Å²) in [5, 5.41) is 11.6. The van der Waals surface area contributed by atoms with Crippen LogP contribution in [0.4, 0.5) is 0 Å². The van der Waals surface area contributed by atoms with Gasteiger partial charge in [-0.15, -0.1) is 0 Å². The number of ketones is 1. The van der Waals surface area contributed by atoms with E-state index >= 15 is 0 Å². The molecular formula is C18H28ClNO2. The number of Topliss-reactive ketones (excluding diaryl/α,β-unsaturated/α-hetero) is 1. The van der Waals surface area contributed by atoms with E-state index in [-0.39, 0.29) is 23.9 Å². The number of quaternary nitrogens is 1. The lowest BCUT2D eigenvalue weighted by atomic mass is 9.70. The van der Waals surface area contributed by atoms with E-state index in [1.807, 2.05) is 0 Å². The molecule has 0 aliphatic heterocycles. The first kappa shape index (κ1) is 19.0. The summed E-state index contributed by atoms with van der Waals surface area (Å²) in [6.45, 7) is 7.90. The fourth-order valence-corrected chi connectivity index (χ4v) is 3.84. The van der Waals surface area contributed by atoms with Crippen LogP contribution in [0.3, 0.4) is 0 Å². The number of hydrogen-bond donors (Lipinski definition) is 2. The Hall–Kier alpha value is -1.06. The van der Waals surface area contributed by atoms with Gasteiger partial charge in [0.15, 0.2) is 5.78 Å². The van der Waals surface area contributed by atoms with Crippen LogP contribution in [-0.2, 0) is 0 Å². The van der Waals surface area contributed by atoms with E-state index in [2.05, 4.69) is 26.1 Å². The molecule has 1 aliphatic carbocycles. The second-order valence-corrected chi connectivity index (χ2v) is 7.42. The summed E-state index contributed by atoms with van der Waals surface area (Å²) in [6, 6.07) is 7.19. The third-order valence-corrected chi connectivity index (χ3v) is 4.48. The Bertz CT molecular complexity index is 484. The predicted molar refractivity (Wildman–Crippen MR) is 84.4 cm³/mol. The second-order valence-electron chi connectivity index (χ2n) is 7.42. The van der Waals surface area contributed by atoms with E-state index in [0.29, 0.717) is 23.4 Å². The molecule has 2 unspecified atom stereocenters. The maximum Gasteiger partial charge on any atom is 0.168 e. The number of halogens is 1. The molecule has 0 saturated heterocycles. The molecule has 22 heavy (non-hydrogen) atoms. The van der Waals surface area contributed by atoms with Crippen LogP contribution in [0.5, 0.6) is 5.75 Å². The minimum atomic E-state index is 0. The van der Waals surface area contributed by atoms with Crippen molar-refractivity contribution in [3.63, 3.8) is 0 Å². The zero-order chi connectivity index (χ0) is 15.5. The SMILES string of the molecule is CC1CC([NH2+]CCC(=O)c2ccc(O)cc2)CC(C)(C)C1.[Cl-]. The molecule has 0 radical (unpaired) electrons. The van der Waals surface area contributed by atoms with Crippen LogP contribution >= 0.6 is 0 Å². The van der Waals surface area contributed by atoms with Crippen molar-refractivity contribution in [1.29, 1.82) is 0 Å². The van der Waals surface area contributed by atoms with E-state index in [9.17, 15) is 9.90 Å². The molecule has 1 saturated carbocycles. The Balaban J connectivity index is 0.00000242. The number of hydrogen-bond acceptors (Lipinski definition) is 2. The maximum absolute atomic E-state index is 12.1. The molecule has 2 atom stereocenters. The number of carbonyl (C=O) groups is 1. The Kier molecular flexibility index (Phi) is 6.89. The summed E-state index contributed by atoms with van der Waals surface area (Å²) in [5.74, 6) is 1.15. The van der Waals surface area contributed by atoms with Gasteiger partial charge in [0.1, 0.15) is 5.75 Å². The second kappa shape index (κ2) is 7.98. The smallest absolute Gasteiger partial charge is 0.168 e. The summed E-state index contributed by atoms with van der Waals surface area (Å²) in [7, 11) is 0. The quantitative estimate of drug-likeness (QED) is 0.733. The largest absolute Gasteiger partial charge is 1.00 e. The Morgan fingerprint density at radius 1 is 1.27 bits per heavy atom. The van der Waals surface area contributed by atoms with Gasteiger partial charge >= 0.3 is 0 Å². The summed E-state index contributed by atoms with van der Waals surface area (Å²) in [5.41, 5.74) is 1.12. The minimum absolute atomic E-state index is 0. The van der Waals surface area contributed by atoms with Gasteiger partial charge in [0, 0.05) is 18.4 Å². The molecule has 124 valence electrons. The molecule has 0 aromatic heterocycles. The molecule has 0 amide bonds. The maximum atomic E-state index is 12.1. The molecule has 1 aromatic carbocycles. The van der Waals surface area contributed by atoms with E-state index in [1.54, 1.807) is 24.3 Å². The normalized spacial score (nSPS) is 23.6. The number of phenols is 1. The molecule has 1 aromatic rings. The molecule has 0 heterocycles. The molecule has 2 rings (SSSR count). The van der Waals surface area contributed by atoms with Crippen molar-refractivity contribution < 1.29 is 27.6 Å². The third-order valence-electron chi connectivity index (χ3n) is 4.48. The molecule has 3 nitrogen and oxygen atoms in total. The highest BCUT2D eigenvalue weighted by Gasteiger charge is 2.33. The average molecular weight is 326 g/mol. The molecular weight excluding hydrogens is 298 g/mol. The van der Waals surface area contributed by atoms with E-state index < -0.39 is 0 Å². The van der Waals surface area contributed by atoms with Gasteiger partial charge in [-0.3, -0.25) is 4.79 Å². The molecule has 3 N–H and O–H groups in total. The van der Waals surface area contributed by atoms with E-state index in [0.717, 1.165) is 12.5 Å². The summed E-state index contributed by atoms with van der Waals surface area (Å²) >= 11 is 0. The predicted octanol–water partition coefficient (Wildman–Crippen LogP) is -0.253. The number of carbonyl (C=O) groups excluding carboxylic acids is 1. The van der Waals surface area contributed by atoms with Crippen molar-refractivity contribution in [2.75, 3.05) is 6.54 Å². The van der Waals surface area contributed by atoms with Crippen molar-refractivity contribution in [3.05, 3.63) is 29.8 Å². The lowest BCUT2D eigenvalue weighted by Crippen LogP contribution is -3.00. The van der Waals surface area contributed by atoms with Crippen molar-refractivity contribution >= 4 is 5.78 Å². The molecule has 0 spiro atoms. The number of benzene rings is 1. The number of aromatic hydroxyl groups is 1. The van der Waals surface area contributed by atoms with Crippen LogP contribution in [0.25, 0.3) is 0 Å². The first-order valence-corrected chi connectivity index (χ1v) is 8.01. The Labute approximate surface area is 139 Å². The van der Waals surface area contributed by atoms with E-state index in [1.165, 1.54) is 19.3 Å². The van der Waals surface area contributed by atoms with Crippen molar-refractivity contribution in [1.82, 2.24) is 0 Å². The average Bonchev–Trinajstić information content (AvgIpc) is 2.37. The highest BCUT2D eigenvalue weighted by molar-refractivity contribution is 5.96. The van der Waals surface area contributed by atoms with Crippen LogP contribution in [0.15, 0.2) is 24.3 Å². The lowest BCUT2D eigenvalue weighted by molar-refractivity contribution is -0.693. The highest BCUT2D eigenvalue weighted by atomic mass is 35.5. The zero-order valence-electron chi connectivity index (χ0n) is 13.8. The van der Waals surface area contributed by atoms with Gasteiger partial charge < -0.3 is 22.8 Å².